The molecule has 0 bridgehead atoms. The van der Waals surface area contributed by atoms with E-state index in [4.69, 9.17) is 5.11 Å². The van der Waals surface area contributed by atoms with E-state index < -0.39 is 0 Å². The zero-order valence-corrected chi connectivity index (χ0v) is 5.81. The van der Waals surface area contributed by atoms with Crippen molar-refractivity contribution in [2.45, 2.75) is 33.3 Å². The molecular formula is C7H14O. The fourth-order valence-electron chi connectivity index (χ4n) is 0.493. The van der Waals surface area contributed by atoms with E-state index in [1.165, 1.54) is 0 Å². The number of aliphatic hydroxyl groups excluding tert-OH is 1. The summed E-state index contributed by atoms with van der Waals surface area (Å²) < 4.78 is 0. The van der Waals surface area contributed by atoms with Crippen molar-refractivity contribution in [3.8, 4) is 0 Å². The molecule has 0 aliphatic rings. The van der Waals surface area contributed by atoms with Crippen molar-refractivity contribution >= 4 is 0 Å². The highest BCUT2D eigenvalue weighted by Crippen LogP contribution is 1.99. The molecule has 0 rings (SSSR count). The molecule has 48 valence electrons. The minimum atomic E-state index is -0.269. The number of allylic oxidation sites excluding steroid dienone is 1. The van der Waals surface area contributed by atoms with Crippen LogP contribution in [0, 0.1) is 0 Å². The monoisotopic (exact) mass is 114 g/mol. The summed E-state index contributed by atoms with van der Waals surface area (Å²) in [5.74, 6) is 0. The third-order valence-electron chi connectivity index (χ3n) is 1.19. The summed E-state index contributed by atoms with van der Waals surface area (Å²) in [6.07, 6.45) is 2.77. The number of rotatable bonds is 2. The van der Waals surface area contributed by atoms with E-state index in [0.29, 0.717) is 0 Å². The predicted molar refractivity (Wildman–Crippen MR) is 35.7 cm³/mol. The minimum absolute atomic E-state index is 0.269. The molecule has 0 aromatic carbocycles. The summed E-state index contributed by atoms with van der Waals surface area (Å²) in [5, 5.41) is 8.88. The number of hydrogen-bond acceptors (Lipinski definition) is 1. The van der Waals surface area contributed by atoms with Gasteiger partial charge in [-0.15, -0.1) is 0 Å². The van der Waals surface area contributed by atoms with Crippen molar-refractivity contribution in [3.05, 3.63) is 11.6 Å². The quantitative estimate of drug-likeness (QED) is 0.542. The van der Waals surface area contributed by atoms with Gasteiger partial charge in [0, 0.05) is 0 Å². The third-order valence-corrected chi connectivity index (χ3v) is 1.19. The first-order chi connectivity index (χ1) is 3.68. The molecule has 1 nitrogen and oxygen atoms in total. The smallest absolute Gasteiger partial charge is 0.0719 e. The molecule has 8 heavy (non-hydrogen) atoms. The lowest BCUT2D eigenvalue weighted by molar-refractivity contribution is 0.231. The Kier molecular flexibility index (Phi) is 3.53. The fraction of sp³-hybridized carbons (Fsp3) is 0.714. The van der Waals surface area contributed by atoms with Crippen molar-refractivity contribution < 1.29 is 5.11 Å². The first kappa shape index (κ1) is 7.70. The topological polar surface area (TPSA) is 20.2 Å². The Hall–Kier alpha value is -0.300. The Labute approximate surface area is 51.0 Å². The molecular weight excluding hydrogens is 100 g/mol. The van der Waals surface area contributed by atoms with Gasteiger partial charge in [0.2, 0.25) is 0 Å². The van der Waals surface area contributed by atoms with Gasteiger partial charge < -0.3 is 5.11 Å². The highest BCUT2D eigenvalue weighted by molar-refractivity contribution is 5.01. The average molecular weight is 114 g/mol. The molecule has 0 aliphatic carbocycles. The van der Waals surface area contributed by atoms with Crippen LogP contribution in [0.2, 0.25) is 0 Å². The van der Waals surface area contributed by atoms with Crippen molar-refractivity contribution in [2.24, 2.45) is 0 Å². The predicted octanol–water partition coefficient (Wildman–Crippen LogP) is 1.72. The summed E-state index contributed by atoms with van der Waals surface area (Å²) in [6, 6.07) is 0. The van der Waals surface area contributed by atoms with Gasteiger partial charge in [-0.1, -0.05) is 13.0 Å². The van der Waals surface area contributed by atoms with Crippen LogP contribution >= 0.6 is 0 Å². The van der Waals surface area contributed by atoms with Crippen LogP contribution < -0.4 is 0 Å². The first-order valence-electron chi connectivity index (χ1n) is 3.03. The van der Waals surface area contributed by atoms with E-state index in [-0.39, 0.29) is 6.10 Å². The molecule has 0 heterocycles. The standard InChI is InChI=1S/C7H14O/c1-4-5-6(2)7(3)8/h5,7-8H,4H2,1-3H3/b6-5+/t7-/m0/s1. The Balaban J connectivity index is 3.61. The normalized spacial score (nSPS) is 16.2. The van der Waals surface area contributed by atoms with Crippen molar-refractivity contribution in [2.75, 3.05) is 0 Å². The van der Waals surface area contributed by atoms with E-state index in [9.17, 15) is 0 Å². The molecule has 0 spiro atoms. The molecule has 0 aromatic rings. The van der Waals surface area contributed by atoms with E-state index >= 15 is 0 Å². The maximum Gasteiger partial charge on any atom is 0.0719 e. The fourth-order valence-corrected chi connectivity index (χ4v) is 0.493. The number of hydrogen-bond donors (Lipinski definition) is 1. The molecule has 1 N–H and O–H groups in total. The van der Waals surface area contributed by atoms with Crippen molar-refractivity contribution in [1.82, 2.24) is 0 Å². The zero-order chi connectivity index (χ0) is 6.57. The highest BCUT2D eigenvalue weighted by atomic mass is 16.3. The number of aliphatic hydroxyl groups is 1. The van der Waals surface area contributed by atoms with Crippen LogP contribution in [0.5, 0.6) is 0 Å². The molecule has 0 aromatic heterocycles. The second kappa shape index (κ2) is 3.67. The Bertz CT molecular complexity index is 82.4. The second-order valence-corrected chi connectivity index (χ2v) is 2.03. The van der Waals surface area contributed by atoms with Gasteiger partial charge in [0.05, 0.1) is 6.10 Å². The average Bonchev–Trinajstić information content (AvgIpc) is 1.67. The highest BCUT2D eigenvalue weighted by Gasteiger charge is 1.93. The lowest BCUT2D eigenvalue weighted by Crippen LogP contribution is -1.99. The second-order valence-electron chi connectivity index (χ2n) is 2.03. The van der Waals surface area contributed by atoms with Gasteiger partial charge in [-0.05, 0) is 25.8 Å². The van der Waals surface area contributed by atoms with E-state index in [1.807, 2.05) is 13.0 Å². The first-order valence-corrected chi connectivity index (χ1v) is 3.03. The molecule has 0 aliphatic heterocycles. The van der Waals surface area contributed by atoms with Crippen LogP contribution in [0.3, 0.4) is 0 Å². The summed E-state index contributed by atoms with van der Waals surface area (Å²) >= 11 is 0. The van der Waals surface area contributed by atoms with Gasteiger partial charge in [-0.3, -0.25) is 0 Å². The lowest BCUT2D eigenvalue weighted by Gasteiger charge is -2.01. The summed E-state index contributed by atoms with van der Waals surface area (Å²) in [7, 11) is 0. The molecule has 0 unspecified atom stereocenters. The Morgan fingerprint density at radius 2 is 2.25 bits per heavy atom. The van der Waals surface area contributed by atoms with Crippen LogP contribution in [0.25, 0.3) is 0 Å². The van der Waals surface area contributed by atoms with Gasteiger partial charge in [0.15, 0.2) is 0 Å². The van der Waals surface area contributed by atoms with Crippen LogP contribution in [-0.4, -0.2) is 11.2 Å². The third kappa shape index (κ3) is 2.80. The molecule has 1 heteroatoms. The molecule has 0 saturated carbocycles. The van der Waals surface area contributed by atoms with Gasteiger partial charge >= 0.3 is 0 Å². The van der Waals surface area contributed by atoms with Gasteiger partial charge in [-0.25, -0.2) is 0 Å². The summed E-state index contributed by atoms with van der Waals surface area (Å²) in [5.41, 5.74) is 1.06. The lowest BCUT2D eigenvalue weighted by atomic mass is 10.2. The summed E-state index contributed by atoms with van der Waals surface area (Å²) in [4.78, 5) is 0. The van der Waals surface area contributed by atoms with Gasteiger partial charge in [-0.2, -0.15) is 0 Å². The molecule has 1 atom stereocenters. The molecule has 0 fully saturated rings. The maximum absolute atomic E-state index is 8.88. The van der Waals surface area contributed by atoms with Gasteiger partial charge in [0.1, 0.15) is 0 Å². The Morgan fingerprint density at radius 3 is 2.38 bits per heavy atom. The van der Waals surface area contributed by atoms with E-state index in [2.05, 4.69) is 6.92 Å². The maximum atomic E-state index is 8.88. The van der Waals surface area contributed by atoms with E-state index in [1.54, 1.807) is 6.92 Å². The summed E-state index contributed by atoms with van der Waals surface area (Å²) in [6.45, 7) is 5.78. The molecule has 0 radical (unpaired) electrons. The van der Waals surface area contributed by atoms with Crippen LogP contribution in [0.15, 0.2) is 11.6 Å². The zero-order valence-electron chi connectivity index (χ0n) is 5.81. The largest absolute Gasteiger partial charge is 0.389 e. The molecule has 0 saturated heterocycles. The molecule has 0 amide bonds. The SMILES string of the molecule is CC/C=C(\C)[C@H](C)O. The van der Waals surface area contributed by atoms with E-state index in [0.717, 1.165) is 12.0 Å². The van der Waals surface area contributed by atoms with Crippen molar-refractivity contribution in [3.63, 3.8) is 0 Å². The Morgan fingerprint density at radius 1 is 1.75 bits per heavy atom. The van der Waals surface area contributed by atoms with Crippen molar-refractivity contribution in [1.29, 1.82) is 0 Å². The van der Waals surface area contributed by atoms with Gasteiger partial charge in [0.25, 0.3) is 0 Å². The van der Waals surface area contributed by atoms with Crippen LogP contribution in [0.4, 0.5) is 0 Å². The minimum Gasteiger partial charge on any atom is -0.389 e. The van der Waals surface area contributed by atoms with Crippen LogP contribution in [0.1, 0.15) is 27.2 Å². The van der Waals surface area contributed by atoms with Crippen LogP contribution in [-0.2, 0) is 0 Å².